The minimum atomic E-state index is -0.926. The Balaban J connectivity index is 2.60. The first-order chi connectivity index (χ1) is 8.63. The summed E-state index contributed by atoms with van der Waals surface area (Å²) < 4.78 is 11.0. The lowest BCUT2D eigenvalue weighted by Crippen LogP contribution is -2.20. The van der Waals surface area contributed by atoms with Gasteiger partial charge in [-0.2, -0.15) is 0 Å². The van der Waals surface area contributed by atoms with Crippen LogP contribution in [0.2, 0.25) is 0 Å². The molecule has 98 valence electrons. The fraction of sp³-hybridized carbons (Fsp3) is 0.357. The van der Waals surface area contributed by atoms with E-state index < -0.39 is 12.3 Å². The van der Waals surface area contributed by atoms with Gasteiger partial charge >= 0.3 is 5.97 Å². The lowest BCUT2D eigenvalue weighted by Gasteiger charge is -2.17. The number of ether oxygens (including phenoxy) is 2. The third kappa shape index (κ3) is 5.01. The maximum atomic E-state index is 10.7. The minimum Gasteiger partial charge on any atom is -0.478 e. The second-order valence-electron chi connectivity index (χ2n) is 3.74. The van der Waals surface area contributed by atoms with E-state index in [1.165, 1.54) is 0 Å². The van der Waals surface area contributed by atoms with Gasteiger partial charge in [-0.3, -0.25) is 0 Å². The zero-order chi connectivity index (χ0) is 13.4. The van der Waals surface area contributed by atoms with Gasteiger partial charge in [0.2, 0.25) is 6.29 Å². The molecule has 4 heteroatoms. The van der Waals surface area contributed by atoms with Crippen LogP contribution in [0.1, 0.15) is 20.3 Å². The quantitative estimate of drug-likeness (QED) is 0.597. The molecule has 1 N–H and O–H groups in total. The van der Waals surface area contributed by atoms with Crippen LogP contribution in [-0.2, 0) is 9.53 Å². The SMILES string of the molecule is CCOC(C/C=C(\C)C(=O)O)Oc1ccccc1. The first kappa shape index (κ1) is 14.3. The van der Waals surface area contributed by atoms with Crippen LogP contribution in [0.25, 0.3) is 0 Å². The minimum absolute atomic E-state index is 0.288. The van der Waals surface area contributed by atoms with Crippen molar-refractivity contribution in [2.45, 2.75) is 26.6 Å². The average Bonchev–Trinajstić information content (AvgIpc) is 2.37. The maximum Gasteiger partial charge on any atom is 0.330 e. The normalized spacial score (nSPS) is 13.1. The summed E-state index contributed by atoms with van der Waals surface area (Å²) >= 11 is 0. The van der Waals surface area contributed by atoms with Crippen molar-refractivity contribution >= 4 is 5.97 Å². The van der Waals surface area contributed by atoms with E-state index >= 15 is 0 Å². The summed E-state index contributed by atoms with van der Waals surface area (Å²) in [5.41, 5.74) is 0.288. The molecule has 1 atom stereocenters. The van der Waals surface area contributed by atoms with E-state index in [9.17, 15) is 4.79 Å². The van der Waals surface area contributed by atoms with Gasteiger partial charge in [-0.05, 0) is 26.0 Å². The molecule has 18 heavy (non-hydrogen) atoms. The van der Waals surface area contributed by atoms with Gasteiger partial charge in [-0.25, -0.2) is 4.79 Å². The van der Waals surface area contributed by atoms with Crippen molar-refractivity contribution in [3.8, 4) is 5.75 Å². The highest BCUT2D eigenvalue weighted by Crippen LogP contribution is 2.14. The molecule has 0 amide bonds. The smallest absolute Gasteiger partial charge is 0.330 e. The number of carbonyl (C=O) groups is 1. The Hall–Kier alpha value is -1.81. The highest BCUT2D eigenvalue weighted by Gasteiger charge is 2.09. The van der Waals surface area contributed by atoms with Crippen LogP contribution in [0.5, 0.6) is 5.75 Å². The van der Waals surface area contributed by atoms with E-state index in [1.807, 2.05) is 37.3 Å². The molecule has 0 bridgehead atoms. The molecule has 0 fully saturated rings. The Morgan fingerprint density at radius 3 is 2.61 bits per heavy atom. The topological polar surface area (TPSA) is 55.8 Å². The highest BCUT2D eigenvalue weighted by atomic mass is 16.7. The van der Waals surface area contributed by atoms with Crippen LogP contribution in [0.15, 0.2) is 42.0 Å². The molecule has 4 nitrogen and oxygen atoms in total. The van der Waals surface area contributed by atoms with Crippen molar-refractivity contribution in [2.75, 3.05) is 6.61 Å². The molecule has 0 heterocycles. The zero-order valence-electron chi connectivity index (χ0n) is 10.6. The Kier molecular flexibility index (Phi) is 5.94. The summed E-state index contributed by atoms with van der Waals surface area (Å²) in [5, 5.41) is 8.76. The lowest BCUT2D eigenvalue weighted by atomic mass is 10.2. The van der Waals surface area contributed by atoms with Crippen LogP contribution in [0, 0.1) is 0 Å². The van der Waals surface area contributed by atoms with Crippen molar-refractivity contribution in [3.63, 3.8) is 0 Å². The van der Waals surface area contributed by atoms with Crippen molar-refractivity contribution in [1.82, 2.24) is 0 Å². The average molecular weight is 250 g/mol. The molecule has 1 unspecified atom stereocenters. The number of para-hydroxylation sites is 1. The number of benzene rings is 1. The molecular formula is C14H18O4. The summed E-state index contributed by atoms with van der Waals surface area (Å²) in [5.74, 6) is -0.220. The van der Waals surface area contributed by atoms with Gasteiger partial charge in [0.05, 0.1) is 0 Å². The Bertz CT molecular complexity index is 398. The van der Waals surface area contributed by atoms with E-state index in [0.717, 1.165) is 0 Å². The first-order valence-corrected chi connectivity index (χ1v) is 5.86. The Morgan fingerprint density at radius 1 is 1.39 bits per heavy atom. The molecule has 0 saturated carbocycles. The molecule has 0 aliphatic carbocycles. The number of aliphatic carboxylic acids is 1. The van der Waals surface area contributed by atoms with Gasteiger partial charge in [0, 0.05) is 18.6 Å². The molecular weight excluding hydrogens is 232 g/mol. The molecule has 1 aromatic rings. The summed E-state index contributed by atoms with van der Waals surface area (Å²) in [6.45, 7) is 3.93. The van der Waals surface area contributed by atoms with Crippen LogP contribution in [-0.4, -0.2) is 24.0 Å². The fourth-order valence-electron chi connectivity index (χ4n) is 1.35. The first-order valence-electron chi connectivity index (χ1n) is 5.86. The van der Waals surface area contributed by atoms with Crippen molar-refractivity contribution in [1.29, 1.82) is 0 Å². The third-order valence-corrected chi connectivity index (χ3v) is 2.32. The van der Waals surface area contributed by atoms with E-state index in [0.29, 0.717) is 18.8 Å². The van der Waals surface area contributed by atoms with Crippen molar-refractivity contribution in [2.24, 2.45) is 0 Å². The molecule has 0 saturated heterocycles. The molecule has 0 aromatic heterocycles. The van der Waals surface area contributed by atoms with Crippen LogP contribution in [0.3, 0.4) is 0 Å². The predicted octanol–water partition coefficient (Wildman–Crippen LogP) is 2.85. The van der Waals surface area contributed by atoms with E-state index in [1.54, 1.807) is 13.0 Å². The number of carboxylic acids is 1. The Labute approximate surface area is 107 Å². The molecule has 1 aromatic carbocycles. The third-order valence-electron chi connectivity index (χ3n) is 2.32. The van der Waals surface area contributed by atoms with Gasteiger partial charge in [0.25, 0.3) is 0 Å². The number of rotatable bonds is 7. The van der Waals surface area contributed by atoms with Crippen LogP contribution >= 0.6 is 0 Å². The van der Waals surface area contributed by atoms with Gasteiger partial charge in [-0.15, -0.1) is 0 Å². The van der Waals surface area contributed by atoms with Crippen LogP contribution in [0.4, 0.5) is 0 Å². The van der Waals surface area contributed by atoms with Gasteiger partial charge < -0.3 is 14.6 Å². The Morgan fingerprint density at radius 2 is 2.06 bits per heavy atom. The molecule has 0 aliphatic rings. The van der Waals surface area contributed by atoms with Crippen molar-refractivity contribution < 1.29 is 19.4 Å². The van der Waals surface area contributed by atoms with Crippen LogP contribution < -0.4 is 4.74 Å². The second kappa shape index (κ2) is 7.50. The van der Waals surface area contributed by atoms with Gasteiger partial charge in [0.1, 0.15) is 5.75 Å². The predicted molar refractivity (Wildman–Crippen MR) is 68.5 cm³/mol. The molecule has 0 spiro atoms. The van der Waals surface area contributed by atoms with Gasteiger partial charge in [-0.1, -0.05) is 24.3 Å². The number of hydrogen-bond acceptors (Lipinski definition) is 3. The monoisotopic (exact) mass is 250 g/mol. The van der Waals surface area contributed by atoms with Crippen molar-refractivity contribution in [3.05, 3.63) is 42.0 Å². The fourth-order valence-corrected chi connectivity index (χ4v) is 1.35. The number of hydrogen-bond donors (Lipinski definition) is 1. The van der Waals surface area contributed by atoms with E-state index in [4.69, 9.17) is 14.6 Å². The summed E-state index contributed by atoms with van der Waals surface area (Å²) in [6, 6.07) is 9.31. The van der Waals surface area contributed by atoms with E-state index in [-0.39, 0.29) is 5.57 Å². The van der Waals surface area contributed by atoms with E-state index in [2.05, 4.69) is 0 Å². The largest absolute Gasteiger partial charge is 0.478 e. The molecule has 0 radical (unpaired) electrons. The molecule has 0 aliphatic heterocycles. The summed E-state index contributed by atoms with van der Waals surface area (Å²) in [7, 11) is 0. The standard InChI is InChI=1S/C14H18O4/c1-3-17-13(10-9-11(2)14(15)16)18-12-7-5-4-6-8-12/h4-9,13H,3,10H2,1-2H3,(H,15,16)/b11-9+. The summed E-state index contributed by atoms with van der Waals surface area (Å²) in [4.78, 5) is 10.7. The maximum absolute atomic E-state index is 10.7. The lowest BCUT2D eigenvalue weighted by molar-refractivity contribution is -0.132. The summed E-state index contributed by atoms with van der Waals surface area (Å²) in [6.07, 6.45) is 1.54. The number of carboxylic acid groups (broad SMARTS) is 1. The molecule has 1 rings (SSSR count). The van der Waals surface area contributed by atoms with Gasteiger partial charge in [0.15, 0.2) is 0 Å². The highest BCUT2D eigenvalue weighted by molar-refractivity contribution is 5.85. The second-order valence-corrected chi connectivity index (χ2v) is 3.74. The zero-order valence-corrected chi connectivity index (χ0v) is 10.6.